The van der Waals surface area contributed by atoms with Crippen LogP contribution in [0.15, 0.2) is 36.4 Å². The monoisotopic (exact) mass is 182 g/mol. The fourth-order valence-electron chi connectivity index (χ4n) is 1.92. The van der Waals surface area contributed by atoms with Gasteiger partial charge in [-0.25, -0.2) is 0 Å². The molecule has 0 fully saturated rings. The maximum absolute atomic E-state index is 3.96. The number of hydrogen-bond acceptors (Lipinski definition) is 0. The lowest BCUT2D eigenvalue weighted by Crippen LogP contribution is -1.89. The molecule has 0 aliphatic carbocycles. The van der Waals surface area contributed by atoms with Crippen LogP contribution >= 0.6 is 0 Å². The molecule has 0 saturated heterocycles. The summed E-state index contributed by atoms with van der Waals surface area (Å²) in [7, 11) is 0. The molecular formula is C14H14. The molecule has 70 valence electrons. The minimum atomic E-state index is 0.842. The minimum Gasteiger partial charge on any atom is -0.0614 e. The van der Waals surface area contributed by atoms with Crippen molar-refractivity contribution in [2.24, 2.45) is 0 Å². The van der Waals surface area contributed by atoms with E-state index in [1.54, 1.807) is 0 Å². The second kappa shape index (κ2) is 3.83. The lowest BCUT2D eigenvalue weighted by Gasteiger charge is -2.08. The first-order chi connectivity index (χ1) is 6.86. The number of benzene rings is 2. The van der Waals surface area contributed by atoms with Crippen LogP contribution in [0, 0.1) is 13.8 Å². The van der Waals surface area contributed by atoms with Gasteiger partial charge in [0.1, 0.15) is 0 Å². The van der Waals surface area contributed by atoms with Gasteiger partial charge in [0, 0.05) is 0 Å². The third-order valence-electron chi connectivity index (χ3n) is 2.62. The summed E-state index contributed by atoms with van der Waals surface area (Å²) in [6.45, 7) is 7.92. The van der Waals surface area contributed by atoms with Gasteiger partial charge in [0.05, 0.1) is 0 Å². The van der Waals surface area contributed by atoms with Crippen molar-refractivity contribution in [1.29, 1.82) is 0 Å². The van der Waals surface area contributed by atoms with E-state index in [1.165, 1.54) is 21.9 Å². The molecule has 2 aromatic carbocycles. The maximum atomic E-state index is 3.96. The molecule has 0 atom stereocenters. The first-order valence-corrected chi connectivity index (χ1v) is 4.95. The molecule has 2 aromatic rings. The molecule has 0 nitrogen and oxygen atoms in total. The van der Waals surface area contributed by atoms with Gasteiger partial charge >= 0.3 is 0 Å². The highest BCUT2D eigenvalue weighted by molar-refractivity contribution is 5.89. The average molecular weight is 182 g/mol. The Balaban J connectivity index is 2.81. The SMILES string of the molecule is [CH2]Cc1cccc2cccc(C[CH2])c12. The second-order valence-electron chi connectivity index (χ2n) is 3.43. The van der Waals surface area contributed by atoms with Crippen molar-refractivity contribution in [3.63, 3.8) is 0 Å². The van der Waals surface area contributed by atoms with Crippen molar-refractivity contribution < 1.29 is 0 Å². The van der Waals surface area contributed by atoms with Crippen molar-refractivity contribution in [3.8, 4) is 0 Å². The predicted molar refractivity (Wildman–Crippen MR) is 62.1 cm³/mol. The Labute approximate surface area is 85.6 Å². The molecule has 0 amide bonds. The summed E-state index contributed by atoms with van der Waals surface area (Å²) in [5.74, 6) is 0. The highest BCUT2D eigenvalue weighted by Crippen LogP contribution is 2.23. The number of fused-ring (bicyclic) bond motifs is 1. The number of rotatable bonds is 2. The molecule has 0 aromatic heterocycles. The van der Waals surface area contributed by atoms with Crippen molar-refractivity contribution in [3.05, 3.63) is 61.4 Å². The zero-order valence-electron chi connectivity index (χ0n) is 8.29. The quantitative estimate of drug-likeness (QED) is 0.665. The molecule has 0 spiro atoms. The van der Waals surface area contributed by atoms with Gasteiger partial charge in [0.25, 0.3) is 0 Å². The molecule has 0 aliphatic rings. The largest absolute Gasteiger partial charge is 0.0614 e. The van der Waals surface area contributed by atoms with Gasteiger partial charge in [-0.05, 0) is 48.6 Å². The van der Waals surface area contributed by atoms with E-state index in [0.717, 1.165) is 12.8 Å². The molecule has 2 rings (SSSR count). The van der Waals surface area contributed by atoms with E-state index in [1.807, 2.05) is 0 Å². The van der Waals surface area contributed by atoms with Gasteiger partial charge in [0.15, 0.2) is 0 Å². The first-order valence-electron chi connectivity index (χ1n) is 4.95. The van der Waals surface area contributed by atoms with Gasteiger partial charge in [-0.1, -0.05) is 36.4 Å². The summed E-state index contributed by atoms with van der Waals surface area (Å²) >= 11 is 0. The smallest absolute Gasteiger partial charge is 0.0120 e. The zero-order chi connectivity index (χ0) is 9.97. The van der Waals surface area contributed by atoms with Crippen LogP contribution in [0.5, 0.6) is 0 Å². The molecule has 0 aliphatic heterocycles. The summed E-state index contributed by atoms with van der Waals surface area (Å²) in [6.07, 6.45) is 1.68. The number of hydrogen-bond donors (Lipinski definition) is 0. The van der Waals surface area contributed by atoms with Crippen LogP contribution in [0.25, 0.3) is 10.8 Å². The van der Waals surface area contributed by atoms with Gasteiger partial charge in [-0.2, -0.15) is 0 Å². The molecule has 0 N–H and O–H groups in total. The molecule has 0 bridgehead atoms. The zero-order valence-corrected chi connectivity index (χ0v) is 8.29. The average Bonchev–Trinajstić information content (AvgIpc) is 2.27. The van der Waals surface area contributed by atoms with Crippen molar-refractivity contribution in [2.75, 3.05) is 0 Å². The fourth-order valence-corrected chi connectivity index (χ4v) is 1.92. The third kappa shape index (κ3) is 1.41. The molecule has 14 heavy (non-hydrogen) atoms. The Bertz CT molecular complexity index is 402. The van der Waals surface area contributed by atoms with Crippen LogP contribution in [-0.4, -0.2) is 0 Å². The molecule has 0 saturated carbocycles. The van der Waals surface area contributed by atoms with Gasteiger partial charge in [0.2, 0.25) is 0 Å². The van der Waals surface area contributed by atoms with Crippen LogP contribution in [0.3, 0.4) is 0 Å². The first kappa shape index (κ1) is 9.26. The standard InChI is InChI=1S/C14H14/c1-3-11-7-5-9-13-10-6-8-12(4-2)14(11)13/h5-10H,1-4H2. The third-order valence-corrected chi connectivity index (χ3v) is 2.62. The van der Waals surface area contributed by atoms with Gasteiger partial charge < -0.3 is 0 Å². The minimum absolute atomic E-state index is 0.842. The summed E-state index contributed by atoms with van der Waals surface area (Å²) < 4.78 is 0. The molecule has 0 heteroatoms. The van der Waals surface area contributed by atoms with E-state index >= 15 is 0 Å². The van der Waals surface area contributed by atoms with E-state index in [-0.39, 0.29) is 0 Å². The topological polar surface area (TPSA) is 0 Å². The predicted octanol–water partition coefficient (Wildman–Crippen LogP) is 3.59. The Kier molecular flexibility index (Phi) is 2.53. The Morgan fingerprint density at radius 3 is 1.71 bits per heavy atom. The lowest BCUT2D eigenvalue weighted by molar-refractivity contribution is 1.25. The maximum Gasteiger partial charge on any atom is -0.0120 e. The molecule has 0 heterocycles. The van der Waals surface area contributed by atoms with Crippen LogP contribution < -0.4 is 0 Å². The fraction of sp³-hybridized carbons (Fsp3) is 0.143. The Morgan fingerprint density at radius 2 is 1.29 bits per heavy atom. The summed E-state index contributed by atoms with van der Waals surface area (Å²) in [5.41, 5.74) is 2.64. The molecular weight excluding hydrogens is 168 g/mol. The summed E-state index contributed by atoms with van der Waals surface area (Å²) in [5, 5.41) is 2.65. The Hall–Kier alpha value is -1.30. The van der Waals surface area contributed by atoms with E-state index in [4.69, 9.17) is 0 Å². The lowest BCUT2D eigenvalue weighted by atomic mass is 9.97. The second-order valence-corrected chi connectivity index (χ2v) is 3.43. The van der Waals surface area contributed by atoms with Crippen LogP contribution in [0.2, 0.25) is 0 Å². The molecule has 0 unspecified atom stereocenters. The highest BCUT2D eigenvalue weighted by atomic mass is 14.1. The van der Waals surface area contributed by atoms with E-state index in [2.05, 4.69) is 50.2 Å². The van der Waals surface area contributed by atoms with E-state index in [0.29, 0.717) is 0 Å². The molecule has 2 radical (unpaired) electrons. The highest BCUT2D eigenvalue weighted by Gasteiger charge is 2.02. The van der Waals surface area contributed by atoms with Crippen LogP contribution in [0.1, 0.15) is 11.1 Å². The van der Waals surface area contributed by atoms with Gasteiger partial charge in [-0.15, -0.1) is 0 Å². The van der Waals surface area contributed by atoms with E-state index < -0.39 is 0 Å². The Morgan fingerprint density at radius 1 is 0.786 bits per heavy atom. The van der Waals surface area contributed by atoms with Crippen molar-refractivity contribution in [1.82, 2.24) is 0 Å². The normalized spacial score (nSPS) is 10.7. The van der Waals surface area contributed by atoms with Crippen LogP contribution in [0.4, 0.5) is 0 Å². The van der Waals surface area contributed by atoms with Gasteiger partial charge in [-0.3, -0.25) is 0 Å². The summed E-state index contributed by atoms with van der Waals surface area (Å²) in [4.78, 5) is 0. The van der Waals surface area contributed by atoms with Crippen molar-refractivity contribution >= 4 is 10.8 Å². The van der Waals surface area contributed by atoms with Crippen molar-refractivity contribution in [2.45, 2.75) is 12.8 Å². The summed E-state index contributed by atoms with van der Waals surface area (Å²) in [6, 6.07) is 12.8. The van der Waals surface area contributed by atoms with E-state index in [9.17, 15) is 0 Å². The van der Waals surface area contributed by atoms with Crippen LogP contribution in [-0.2, 0) is 12.8 Å².